The fourth-order valence-corrected chi connectivity index (χ4v) is 3.41. The summed E-state index contributed by atoms with van der Waals surface area (Å²) in [6.07, 6.45) is -0.258. The number of rotatable bonds is 5. The van der Waals surface area contributed by atoms with E-state index in [4.69, 9.17) is 9.84 Å². The third-order valence-electron chi connectivity index (χ3n) is 3.89. The first-order valence-corrected chi connectivity index (χ1v) is 8.69. The smallest absolute Gasteiger partial charge is 0.334 e. The molecule has 0 bridgehead atoms. The van der Waals surface area contributed by atoms with Gasteiger partial charge >= 0.3 is 5.97 Å². The summed E-state index contributed by atoms with van der Waals surface area (Å²) in [6.45, 7) is 0.658. The van der Waals surface area contributed by atoms with E-state index in [0.717, 1.165) is 10.6 Å². The second-order valence-electron chi connectivity index (χ2n) is 5.75. The molecule has 1 aromatic carbocycles. The summed E-state index contributed by atoms with van der Waals surface area (Å²) in [5.74, 6) is -1.50. The number of carboxylic acids is 1. The summed E-state index contributed by atoms with van der Waals surface area (Å²) in [5.41, 5.74) is 1.61. The average molecular weight is 364 g/mol. The highest BCUT2D eigenvalue weighted by Crippen LogP contribution is 2.17. The molecule has 132 valence electrons. The number of aliphatic carboxylic acids is 1. The van der Waals surface area contributed by atoms with Crippen LogP contribution in [0.2, 0.25) is 0 Å². The summed E-state index contributed by atoms with van der Waals surface area (Å²) in [6, 6.07) is 6.23. The topological polar surface area (TPSA) is 79.7 Å². The van der Waals surface area contributed by atoms with Crippen LogP contribution in [0.3, 0.4) is 0 Å². The number of aromatic nitrogens is 1. The van der Waals surface area contributed by atoms with Crippen LogP contribution in [-0.4, -0.2) is 52.7 Å². The van der Waals surface area contributed by atoms with E-state index in [1.165, 1.54) is 28.4 Å². The van der Waals surface area contributed by atoms with Gasteiger partial charge < -0.3 is 14.7 Å². The van der Waals surface area contributed by atoms with E-state index >= 15 is 0 Å². The maximum atomic E-state index is 12.9. The van der Waals surface area contributed by atoms with Gasteiger partial charge in [0.25, 0.3) is 0 Å². The Kier molecular flexibility index (Phi) is 5.40. The Morgan fingerprint density at radius 2 is 2.12 bits per heavy atom. The maximum absolute atomic E-state index is 12.9. The molecule has 6 nitrogen and oxygen atoms in total. The molecule has 1 N–H and O–H groups in total. The molecule has 2 heterocycles. The summed E-state index contributed by atoms with van der Waals surface area (Å²) in [4.78, 5) is 29.3. The number of halogens is 1. The van der Waals surface area contributed by atoms with Crippen molar-refractivity contribution in [2.75, 3.05) is 19.7 Å². The summed E-state index contributed by atoms with van der Waals surface area (Å²) >= 11 is 1.45. The molecule has 0 aliphatic carbocycles. The standard InChI is InChI=1S/C17H17FN2O4S/c18-12-3-1-11(2-4-12)7-15-19-13(10-25-15)8-16(21)20-5-6-24-14(9-20)17(22)23/h1-4,10,14H,5-9H2,(H,22,23)/t14-/m0/s1. The average Bonchev–Trinajstić information content (AvgIpc) is 3.04. The molecule has 1 amide bonds. The largest absolute Gasteiger partial charge is 0.479 e. The first-order chi connectivity index (χ1) is 12.0. The molecule has 2 aromatic rings. The van der Waals surface area contributed by atoms with Crippen molar-refractivity contribution in [2.24, 2.45) is 0 Å². The third kappa shape index (κ3) is 4.61. The second-order valence-corrected chi connectivity index (χ2v) is 6.69. The van der Waals surface area contributed by atoms with Crippen molar-refractivity contribution in [1.82, 2.24) is 9.88 Å². The van der Waals surface area contributed by atoms with Gasteiger partial charge in [-0.05, 0) is 17.7 Å². The number of benzene rings is 1. The molecule has 1 aromatic heterocycles. The van der Waals surface area contributed by atoms with E-state index in [2.05, 4.69) is 4.98 Å². The normalized spacial score (nSPS) is 17.5. The van der Waals surface area contributed by atoms with Crippen molar-refractivity contribution >= 4 is 23.2 Å². The van der Waals surface area contributed by atoms with Gasteiger partial charge in [0.1, 0.15) is 5.82 Å². The third-order valence-corrected chi connectivity index (χ3v) is 4.79. The Morgan fingerprint density at radius 1 is 1.36 bits per heavy atom. The quantitative estimate of drug-likeness (QED) is 0.874. The van der Waals surface area contributed by atoms with Crippen molar-refractivity contribution in [3.63, 3.8) is 0 Å². The Balaban J connectivity index is 1.58. The lowest BCUT2D eigenvalue weighted by Crippen LogP contribution is -2.49. The summed E-state index contributed by atoms with van der Waals surface area (Å²) in [7, 11) is 0. The van der Waals surface area contributed by atoms with E-state index < -0.39 is 12.1 Å². The molecule has 0 spiro atoms. The molecule has 1 aliphatic heterocycles. The van der Waals surface area contributed by atoms with E-state index in [1.54, 1.807) is 12.1 Å². The summed E-state index contributed by atoms with van der Waals surface area (Å²) < 4.78 is 18.0. The van der Waals surface area contributed by atoms with Crippen LogP contribution in [0.1, 0.15) is 16.3 Å². The predicted octanol–water partition coefficient (Wildman–Crippen LogP) is 1.73. The first kappa shape index (κ1) is 17.5. The molecule has 8 heteroatoms. The van der Waals surface area contributed by atoms with Crippen molar-refractivity contribution in [2.45, 2.75) is 18.9 Å². The molecule has 0 unspecified atom stereocenters. The van der Waals surface area contributed by atoms with Gasteiger partial charge in [-0.15, -0.1) is 11.3 Å². The maximum Gasteiger partial charge on any atom is 0.334 e. The molecular weight excluding hydrogens is 347 g/mol. The van der Waals surface area contributed by atoms with Crippen LogP contribution in [0.4, 0.5) is 4.39 Å². The minimum Gasteiger partial charge on any atom is -0.479 e. The highest BCUT2D eigenvalue weighted by atomic mass is 32.1. The van der Waals surface area contributed by atoms with Crippen LogP contribution in [0, 0.1) is 5.82 Å². The van der Waals surface area contributed by atoms with E-state index in [9.17, 15) is 14.0 Å². The minimum atomic E-state index is -1.06. The number of thiazole rings is 1. The molecule has 0 radical (unpaired) electrons. The molecule has 1 atom stereocenters. The molecule has 1 fully saturated rings. The van der Waals surface area contributed by atoms with Gasteiger partial charge in [0, 0.05) is 18.3 Å². The van der Waals surface area contributed by atoms with Crippen molar-refractivity contribution < 1.29 is 23.8 Å². The van der Waals surface area contributed by atoms with Gasteiger partial charge in [0.2, 0.25) is 5.91 Å². The number of morpholine rings is 1. The predicted molar refractivity (Wildman–Crippen MR) is 89.0 cm³/mol. The highest BCUT2D eigenvalue weighted by Gasteiger charge is 2.29. The Morgan fingerprint density at radius 3 is 2.84 bits per heavy atom. The van der Waals surface area contributed by atoms with Crippen LogP contribution in [-0.2, 0) is 27.2 Å². The Hall–Kier alpha value is -2.32. The number of ether oxygens (including phenoxy) is 1. The van der Waals surface area contributed by atoms with Crippen molar-refractivity contribution in [3.05, 3.63) is 51.7 Å². The van der Waals surface area contributed by atoms with Gasteiger partial charge in [0.05, 0.1) is 30.3 Å². The Labute approximate surface area is 147 Å². The monoisotopic (exact) mass is 364 g/mol. The fraction of sp³-hybridized carbons (Fsp3) is 0.353. The number of carbonyl (C=O) groups is 2. The minimum absolute atomic E-state index is 0.0563. The zero-order valence-corrected chi connectivity index (χ0v) is 14.2. The number of hydrogen-bond donors (Lipinski definition) is 1. The Bertz CT molecular complexity index is 762. The van der Waals surface area contributed by atoms with Gasteiger partial charge in [0.15, 0.2) is 6.10 Å². The van der Waals surface area contributed by atoms with Gasteiger partial charge in [-0.3, -0.25) is 4.79 Å². The lowest BCUT2D eigenvalue weighted by molar-refractivity contribution is -0.159. The SMILES string of the molecule is O=C(O)[C@@H]1CN(C(=O)Cc2csc(Cc3ccc(F)cc3)n2)CCO1. The number of nitrogens with zero attached hydrogens (tertiary/aromatic N) is 2. The number of hydrogen-bond acceptors (Lipinski definition) is 5. The zero-order chi connectivity index (χ0) is 17.8. The molecular formula is C17H17FN2O4S. The highest BCUT2D eigenvalue weighted by molar-refractivity contribution is 7.09. The zero-order valence-electron chi connectivity index (χ0n) is 13.4. The molecule has 1 saturated heterocycles. The first-order valence-electron chi connectivity index (χ1n) is 7.81. The van der Waals surface area contributed by atoms with Crippen LogP contribution in [0.25, 0.3) is 0 Å². The lowest BCUT2D eigenvalue weighted by atomic mass is 10.1. The van der Waals surface area contributed by atoms with Crippen LogP contribution in [0.15, 0.2) is 29.6 Å². The fourth-order valence-electron chi connectivity index (χ4n) is 2.58. The van der Waals surface area contributed by atoms with E-state index in [1.807, 2.05) is 5.38 Å². The van der Waals surface area contributed by atoms with Gasteiger partial charge in [-0.2, -0.15) is 0 Å². The van der Waals surface area contributed by atoms with Gasteiger partial charge in [-0.1, -0.05) is 12.1 Å². The number of carboxylic acid groups (broad SMARTS) is 1. The van der Waals surface area contributed by atoms with Crippen LogP contribution < -0.4 is 0 Å². The summed E-state index contributed by atoms with van der Waals surface area (Å²) in [5, 5.41) is 11.7. The molecule has 1 aliphatic rings. The van der Waals surface area contributed by atoms with Crippen molar-refractivity contribution in [1.29, 1.82) is 0 Å². The lowest BCUT2D eigenvalue weighted by Gasteiger charge is -2.30. The van der Waals surface area contributed by atoms with Crippen LogP contribution in [0.5, 0.6) is 0 Å². The second kappa shape index (κ2) is 7.71. The van der Waals surface area contributed by atoms with Crippen molar-refractivity contribution in [3.8, 4) is 0 Å². The molecule has 0 saturated carbocycles. The van der Waals surface area contributed by atoms with Crippen LogP contribution >= 0.6 is 11.3 Å². The number of amides is 1. The van der Waals surface area contributed by atoms with Gasteiger partial charge in [-0.25, -0.2) is 14.2 Å². The number of carbonyl (C=O) groups excluding carboxylic acids is 1. The molecule has 25 heavy (non-hydrogen) atoms. The molecule has 3 rings (SSSR count). The van der Waals surface area contributed by atoms with E-state index in [0.29, 0.717) is 18.7 Å². The van der Waals surface area contributed by atoms with E-state index in [-0.39, 0.29) is 31.3 Å².